The van der Waals surface area contributed by atoms with E-state index in [1.807, 2.05) is 4.90 Å². The molecule has 82 valence electrons. The molecule has 2 unspecified atom stereocenters. The number of aliphatic hydroxyl groups is 1. The van der Waals surface area contributed by atoms with Crippen LogP contribution in [-0.4, -0.2) is 30.6 Å². The van der Waals surface area contributed by atoms with E-state index in [1.165, 1.54) is 0 Å². The average Bonchev–Trinajstić information content (AvgIpc) is 2.83. The van der Waals surface area contributed by atoms with Crippen LogP contribution in [0.3, 0.4) is 0 Å². The van der Waals surface area contributed by atoms with Gasteiger partial charge < -0.3 is 14.4 Å². The number of hydrogen-bond donors (Lipinski definition) is 1. The van der Waals surface area contributed by atoms with Crippen LogP contribution in [0.4, 0.5) is 5.88 Å². The lowest BCUT2D eigenvalue weighted by atomic mass is 10.0. The number of aliphatic hydroxyl groups excluding tert-OH is 1. The van der Waals surface area contributed by atoms with E-state index < -0.39 is 0 Å². The number of aldehydes is 1. The quantitative estimate of drug-likeness (QED) is 0.762. The van der Waals surface area contributed by atoms with Crippen LogP contribution >= 0.6 is 0 Å². The fraction of sp³-hybridized carbons (Fsp3) is 0.545. The Morgan fingerprint density at radius 2 is 2.40 bits per heavy atom. The predicted molar refractivity (Wildman–Crippen MR) is 56.1 cm³/mol. The molecule has 2 rings (SSSR count). The van der Waals surface area contributed by atoms with Crippen LogP contribution in [0, 0.1) is 5.92 Å². The number of carbonyl (C=O) groups is 1. The fourth-order valence-electron chi connectivity index (χ4n) is 2.01. The zero-order valence-corrected chi connectivity index (χ0v) is 8.72. The second-order valence-electron chi connectivity index (χ2n) is 3.93. The second-order valence-corrected chi connectivity index (χ2v) is 3.93. The van der Waals surface area contributed by atoms with Gasteiger partial charge in [0.2, 0.25) is 0 Å². The molecular formula is C11H15NO3. The number of β-amino-alcohol motifs (C(OH)–C–C–N with tert-alkyl or cyclic N) is 1. The summed E-state index contributed by atoms with van der Waals surface area (Å²) in [5.74, 6) is 1.31. The number of carbonyl (C=O) groups excluding carboxylic acids is 1. The Kier molecular flexibility index (Phi) is 2.77. The summed E-state index contributed by atoms with van der Waals surface area (Å²) in [6, 6.07) is 3.42. The molecule has 2 atom stereocenters. The molecule has 1 aliphatic heterocycles. The van der Waals surface area contributed by atoms with Crippen LogP contribution < -0.4 is 4.90 Å². The van der Waals surface area contributed by atoms with Crippen molar-refractivity contribution in [3.63, 3.8) is 0 Å². The number of furan rings is 1. The van der Waals surface area contributed by atoms with Crippen molar-refractivity contribution < 1.29 is 14.3 Å². The summed E-state index contributed by atoms with van der Waals surface area (Å²) >= 11 is 0. The van der Waals surface area contributed by atoms with Gasteiger partial charge in [-0.3, -0.25) is 4.79 Å². The van der Waals surface area contributed by atoms with E-state index in [0.717, 1.165) is 13.0 Å². The highest BCUT2D eigenvalue weighted by molar-refractivity contribution is 5.71. The lowest BCUT2D eigenvalue weighted by Gasteiger charge is -2.13. The molecule has 0 amide bonds. The van der Waals surface area contributed by atoms with Crippen LogP contribution in [0.5, 0.6) is 0 Å². The molecule has 0 aliphatic carbocycles. The Hall–Kier alpha value is -1.29. The van der Waals surface area contributed by atoms with E-state index in [1.54, 1.807) is 12.1 Å². The standard InChI is InChI=1S/C11H15NO3/c1-2-8-5-12(6-10(8)14)11-4-3-9(7-13)15-11/h3-4,7-8,10,14H,2,5-6H2,1H3. The second kappa shape index (κ2) is 4.06. The van der Waals surface area contributed by atoms with E-state index in [0.29, 0.717) is 30.4 Å². The molecule has 0 radical (unpaired) electrons. The average molecular weight is 209 g/mol. The summed E-state index contributed by atoms with van der Waals surface area (Å²) in [5.41, 5.74) is 0. The smallest absolute Gasteiger partial charge is 0.196 e. The van der Waals surface area contributed by atoms with Gasteiger partial charge in [0.05, 0.1) is 6.10 Å². The molecule has 15 heavy (non-hydrogen) atoms. The summed E-state index contributed by atoms with van der Waals surface area (Å²) in [4.78, 5) is 12.4. The van der Waals surface area contributed by atoms with Gasteiger partial charge in [-0.15, -0.1) is 0 Å². The van der Waals surface area contributed by atoms with Crippen molar-refractivity contribution in [2.45, 2.75) is 19.4 Å². The lowest BCUT2D eigenvalue weighted by Crippen LogP contribution is -2.20. The highest BCUT2D eigenvalue weighted by atomic mass is 16.4. The van der Waals surface area contributed by atoms with Gasteiger partial charge in [0.1, 0.15) is 0 Å². The summed E-state index contributed by atoms with van der Waals surface area (Å²) in [5, 5.41) is 9.73. The van der Waals surface area contributed by atoms with Crippen molar-refractivity contribution in [2.75, 3.05) is 18.0 Å². The number of rotatable bonds is 3. The number of hydrogen-bond acceptors (Lipinski definition) is 4. The maximum Gasteiger partial charge on any atom is 0.196 e. The molecule has 1 fully saturated rings. The zero-order chi connectivity index (χ0) is 10.8. The first kappa shape index (κ1) is 10.2. The molecule has 4 heteroatoms. The third-order valence-electron chi connectivity index (χ3n) is 2.97. The van der Waals surface area contributed by atoms with E-state index in [-0.39, 0.29) is 6.10 Å². The summed E-state index contributed by atoms with van der Waals surface area (Å²) < 4.78 is 5.30. The summed E-state index contributed by atoms with van der Waals surface area (Å²) in [7, 11) is 0. The lowest BCUT2D eigenvalue weighted by molar-refractivity contribution is 0.110. The first-order chi connectivity index (χ1) is 7.24. The Labute approximate surface area is 88.5 Å². The normalized spacial score (nSPS) is 25.9. The minimum Gasteiger partial charge on any atom is -0.438 e. The van der Waals surface area contributed by atoms with Crippen LogP contribution in [0.25, 0.3) is 0 Å². The maximum absolute atomic E-state index is 10.5. The maximum atomic E-state index is 10.5. The third kappa shape index (κ3) is 1.90. The van der Waals surface area contributed by atoms with Crippen molar-refractivity contribution in [2.24, 2.45) is 5.92 Å². The molecule has 0 spiro atoms. The molecular weight excluding hydrogens is 194 g/mol. The van der Waals surface area contributed by atoms with Crippen molar-refractivity contribution in [1.82, 2.24) is 0 Å². The van der Waals surface area contributed by atoms with Crippen molar-refractivity contribution in [1.29, 1.82) is 0 Å². The summed E-state index contributed by atoms with van der Waals surface area (Å²) in [6.07, 6.45) is 1.35. The molecule has 1 saturated heterocycles. The minimum atomic E-state index is -0.292. The number of anilines is 1. The molecule has 2 heterocycles. The van der Waals surface area contributed by atoms with E-state index in [9.17, 15) is 9.90 Å². The van der Waals surface area contributed by atoms with Gasteiger partial charge in [-0.25, -0.2) is 0 Å². The fourth-order valence-corrected chi connectivity index (χ4v) is 2.01. The molecule has 0 aromatic carbocycles. The predicted octanol–water partition coefficient (Wildman–Crippen LogP) is 1.30. The Morgan fingerprint density at radius 1 is 1.60 bits per heavy atom. The van der Waals surface area contributed by atoms with Crippen LogP contribution in [0.2, 0.25) is 0 Å². The van der Waals surface area contributed by atoms with Gasteiger partial charge in [-0.05, 0) is 12.5 Å². The van der Waals surface area contributed by atoms with Gasteiger partial charge in [-0.2, -0.15) is 0 Å². The SMILES string of the molecule is CCC1CN(c2ccc(C=O)o2)CC1O. The minimum absolute atomic E-state index is 0.292. The van der Waals surface area contributed by atoms with Crippen molar-refractivity contribution in [3.05, 3.63) is 17.9 Å². The highest BCUT2D eigenvalue weighted by Gasteiger charge is 2.31. The topological polar surface area (TPSA) is 53.7 Å². The molecule has 4 nitrogen and oxygen atoms in total. The van der Waals surface area contributed by atoms with Crippen LogP contribution in [0.1, 0.15) is 23.9 Å². The first-order valence-corrected chi connectivity index (χ1v) is 5.22. The molecule has 1 aromatic rings. The first-order valence-electron chi connectivity index (χ1n) is 5.22. The van der Waals surface area contributed by atoms with Gasteiger partial charge in [0.25, 0.3) is 0 Å². The van der Waals surface area contributed by atoms with Crippen molar-refractivity contribution in [3.8, 4) is 0 Å². The van der Waals surface area contributed by atoms with Crippen molar-refractivity contribution >= 4 is 12.2 Å². The molecule has 0 saturated carbocycles. The Balaban J connectivity index is 2.09. The van der Waals surface area contributed by atoms with Crippen LogP contribution in [-0.2, 0) is 0 Å². The van der Waals surface area contributed by atoms with Gasteiger partial charge in [0.15, 0.2) is 17.9 Å². The molecule has 1 N–H and O–H groups in total. The largest absolute Gasteiger partial charge is 0.438 e. The molecule has 1 aromatic heterocycles. The number of nitrogens with zero attached hydrogens (tertiary/aromatic N) is 1. The van der Waals surface area contributed by atoms with Gasteiger partial charge >= 0.3 is 0 Å². The van der Waals surface area contributed by atoms with E-state index in [2.05, 4.69) is 6.92 Å². The highest BCUT2D eigenvalue weighted by Crippen LogP contribution is 2.27. The van der Waals surface area contributed by atoms with Crippen LogP contribution in [0.15, 0.2) is 16.5 Å². The molecule has 0 bridgehead atoms. The van der Waals surface area contributed by atoms with Gasteiger partial charge in [0, 0.05) is 25.1 Å². The molecule has 1 aliphatic rings. The third-order valence-corrected chi connectivity index (χ3v) is 2.97. The Bertz CT molecular complexity index is 347. The monoisotopic (exact) mass is 209 g/mol. The zero-order valence-electron chi connectivity index (χ0n) is 8.72. The summed E-state index contributed by atoms with van der Waals surface area (Å²) in [6.45, 7) is 3.45. The van der Waals surface area contributed by atoms with E-state index >= 15 is 0 Å². The van der Waals surface area contributed by atoms with E-state index in [4.69, 9.17) is 4.42 Å². The van der Waals surface area contributed by atoms with Gasteiger partial charge in [-0.1, -0.05) is 6.92 Å². The Morgan fingerprint density at radius 3 is 2.93 bits per heavy atom.